The van der Waals surface area contributed by atoms with Gasteiger partial charge >= 0.3 is 6.09 Å². The largest absolute Gasteiger partial charge is 0.444 e. The Hall–Kier alpha value is -0.770. The third kappa shape index (κ3) is 2.43. The molecular formula is C11H19NO3. The standard InChI is InChI=1S/C11H19NO3/c1-7-5-8-9(14-8)6-12(7)10(13)15-11(2,3)4/h7-9H,5-6H2,1-4H3/t7-,8-,9+/m1/s1. The zero-order valence-electron chi connectivity index (χ0n) is 9.82. The first kappa shape index (κ1) is 10.7. The van der Waals surface area contributed by atoms with E-state index in [9.17, 15) is 4.79 Å². The molecular weight excluding hydrogens is 194 g/mol. The van der Waals surface area contributed by atoms with Crippen molar-refractivity contribution in [2.45, 2.75) is 58.0 Å². The molecule has 0 bridgehead atoms. The molecule has 0 aromatic heterocycles. The lowest BCUT2D eigenvalue weighted by atomic mass is 10.0. The van der Waals surface area contributed by atoms with Gasteiger partial charge < -0.3 is 14.4 Å². The highest BCUT2D eigenvalue weighted by molar-refractivity contribution is 5.68. The van der Waals surface area contributed by atoms with E-state index in [1.54, 1.807) is 4.90 Å². The SMILES string of the molecule is C[C@@H]1C[C@H]2O[C@H]2CN1C(=O)OC(C)(C)C. The third-order valence-corrected chi connectivity index (χ3v) is 2.80. The molecule has 0 unspecified atom stereocenters. The average molecular weight is 213 g/mol. The second kappa shape index (κ2) is 3.37. The fourth-order valence-corrected chi connectivity index (χ4v) is 1.96. The third-order valence-electron chi connectivity index (χ3n) is 2.80. The number of amides is 1. The number of hydrogen-bond acceptors (Lipinski definition) is 3. The van der Waals surface area contributed by atoms with Crippen LogP contribution in [-0.4, -0.2) is 41.4 Å². The predicted octanol–water partition coefficient (Wildman–Crippen LogP) is 1.78. The Balaban J connectivity index is 1.94. The van der Waals surface area contributed by atoms with Crippen molar-refractivity contribution in [3.63, 3.8) is 0 Å². The van der Waals surface area contributed by atoms with Crippen LogP contribution in [-0.2, 0) is 9.47 Å². The molecule has 2 rings (SSSR count). The van der Waals surface area contributed by atoms with Crippen LogP contribution in [0.2, 0.25) is 0 Å². The topological polar surface area (TPSA) is 42.1 Å². The fraction of sp³-hybridized carbons (Fsp3) is 0.909. The number of carbonyl (C=O) groups is 1. The highest BCUT2D eigenvalue weighted by Crippen LogP contribution is 2.34. The number of fused-ring (bicyclic) bond motifs is 1. The minimum atomic E-state index is -0.419. The Bertz CT molecular complexity index is 271. The van der Waals surface area contributed by atoms with Gasteiger partial charge in [-0.05, 0) is 34.1 Å². The van der Waals surface area contributed by atoms with Gasteiger partial charge in [0, 0.05) is 6.04 Å². The van der Waals surface area contributed by atoms with Crippen molar-refractivity contribution < 1.29 is 14.3 Å². The van der Waals surface area contributed by atoms with Crippen molar-refractivity contribution in [2.24, 2.45) is 0 Å². The maximum absolute atomic E-state index is 11.8. The molecule has 0 saturated carbocycles. The summed E-state index contributed by atoms with van der Waals surface area (Å²) in [6.45, 7) is 8.38. The van der Waals surface area contributed by atoms with E-state index < -0.39 is 5.60 Å². The van der Waals surface area contributed by atoms with Crippen molar-refractivity contribution in [3.05, 3.63) is 0 Å². The first-order chi connectivity index (χ1) is 6.87. The van der Waals surface area contributed by atoms with Crippen LogP contribution < -0.4 is 0 Å². The van der Waals surface area contributed by atoms with Gasteiger partial charge in [-0.2, -0.15) is 0 Å². The van der Waals surface area contributed by atoms with E-state index in [1.165, 1.54) is 0 Å². The van der Waals surface area contributed by atoms with Crippen LogP contribution in [0.1, 0.15) is 34.1 Å². The molecule has 1 amide bonds. The molecule has 2 aliphatic rings. The van der Waals surface area contributed by atoms with Crippen LogP contribution in [0.3, 0.4) is 0 Å². The molecule has 4 heteroatoms. The van der Waals surface area contributed by atoms with E-state index in [2.05, 4.69) is 0 Å². The van der Waals surface area contributed by atoms with E-state index >= 15 is 0 Å². The van der Waals surface area contributed by atoms with E-state index in [0.717, 1.165) is 6.42 Å². The Labute approximate surface area is 90.5 Å². The number of epoxide rings is 1. The van der Waals surface area contributed by atoms with Crippen LogP contribution in [0.5, 0.6) is 0 Å². The summed E-state index contributed by atoms with van der Waals surface area (Å²) in [7, 11) is 0. The van der Waals surface area contributed by atoms with Crippen molar-refractivity contribution in [1.29, 1.82) is 0 Å². The second-order valence-corrected chi connectivity index (χ2v) is 5.43. The van der Waals surface area contributed by atoms with Crippen LogP contribution >= 0.6 is 0 Å². The first-order valence-corrected chi connectivity index (χ1v) is 5.52. The summed E-state index contributed by atoms with van der Waals surface area (Å²) in [6, 6.07) is 0.226. The number of piperidine rings is 1. The molecule has 0 aliphatic carbocycles. The summed E-state index contributed by atoms with van der Waals surface area (Å²) >= 11 is 0. The smallest absolute Gasteiger partial charge is 0.410 e. The minimum absolute atomic E-state index is 0.219. The van der Waals surface area contributed by atoms with Gasteiger partial charge in [0.2, 0.25) is 0 Å². The molecule has 0 aromatic carbocycles. The van der Waals surface area contributed by atoms with Gasteiger partial charge in [0.05, 0.1) is 12.6 Å². The van der Waals surface area contributed by atoms with Gasteiger partial charge in [-0.1, -0.05) is 0 Å². The van der Waals surface area contributed by atoms with Crippen molar-refractivity contribution in [1.82, 2.24) is 4.90 Å². The highest BCUT2D eigenvalue weighted by Gasteiger charge is 2.48. The number of rotatable bonds is 0. The molecule has 86 valence electrons. The molecule has 2 saturated heterocycles. The maximum Gasteiger partial charge on any atom is 0.410 e. The summed E-state index contributed by atoms with van der Waals surface area (Å²) in [5, 5.41) is 0. The Morgan fingerprint density at radius 2 is 2.07 bits per heavy atom. The van der Waals surface area contributed by atoms with Gasteiger partial charge in [0.1, 0.15) is 11.7 Å². The number of hydrogen-bond donors (Lipinski definition) is 0. The van der Waals surface area contributed by atoms with Crippen LogP contribution in [0.25, 0.3) is 0 Å². The van der Waals surface area contributed by atoms with E-state index in [-0.39, 0.29) is 18.2 Å². The zero-order chi connectivity index (χ0) is 11.2. The first-order valence-electron chi connectivity index (χ1n) is 5.52. The van der Waals surface area contributed by atoms with Crippen LogP contribution in [0, 0.1) is 0 Å². The minimum Gasteiger partial charge on any atom is -0.444 e. The normalized spacial score (nSPS) is 34.7. The van der Waals surface area contributed by atoms with Gasteiger partial charge in [0.15, 0.2) is 0 Å². The number of nitrogens with zero attached hydrogens (tertiary/aromatic N) is 1. The summed E-state index contributed by atoms with van der Waals surface area (Å²) < 4.78 is 10.8. The van der Waals surface area contributed by atoms with Gasteiger partial charge in [-0.25, -0.2) is 4.79 Å². The van der Waals surface area contributed by atoms with Crippen molar-refractivity contribution in [3.8, 4) is 0 Å². The highest BCUT2D eigenvalue weighted by atomic mass is 16.6. The maximum atomic E-state index is 11.8. The number of likely N-dealkylation sites (tertiary alicyclic amines) is 1. The van der Waals surface area contributed by atoms with Gasteiger partial charge in [-0.15, -0.1) is 0 Å². The fourth-order valence-electron chi connectivity index (χ4n) is 1.96. The summed E-state index contributed by atoms with van der Waals surface area (Å²) in [4.78, 5) is 13.6. The quantitative estimate of drug-likeness (QED) is 0.576. The Kier molecular flexibility index (Phi) is 2.41. The molecule has 2 heterocycles. The summed E-state index contributed by atoms with van der Waals surface area (Å²) in [6.07, 6.45) is 1.36. The van der Waals surface area contributed by atoms with E-state index in [4.69, 9.17) is 9.47 Å². The van der Waals surface area contributed by atoms with Crippen molar-refractivity contribution in [2.75, 3.05) is 6.54 Å². The molecule has 2 aliphatic heterocycles. The summed E-state index contributed by atoms with van der Waals surface area (Å²) in [5.74, 6) is 0. The molecule has 2 fully saturated rings. The average Bonchev–Trinajstić information content (AvgIpc) is 2.76. The second-order valence-electron chi connectivity index (χ2n) is 5.43. The van der Waals surface area contributed by atoms with E-state index in [0.29, 0.717) is 12.6 Å². The number of ether oxygens (including phenoxy) is 2. The Morgan fingerprint density at radius 3 is 2.67 bits per heavy atom. The molecule has 15 heavy (non-hydrogen) atoms. The predicted molar refractivity (Wildman–Crippen MR) is 55.7 cm³/mol. The van der Waals surface area contributed by atoms with Crippen LogP contribution in [0.4, 0.5) is 4.79 Å². The van der Waals surface area contributed by atoms with Crippen molar-refractivity contribution >= 4 is 6.09 Å². The lowest BCUT2D eigenvalue weighted by Gasteiger charge is -2.33. The number of carbonyl (C=O) groups excluding carboxylic acids is 1. The molecule has 0 aromatic rings. The zero-order valence-corrected chi connectivity index (χ0v) is 9.82. The molecule has 0 N–H and O–H groups in total. The van der Waals surface area contributed by atoms with E-state index in [1.807, 2.05) is 27.7 Å². The molecule has 4 nitrogen and oxygen atoms in total. The molecule has 3 atom stereocenters. The Morgan fingerprint density at radius 1 is 1.40 bits per heavy atom. The molecule has 0 spiro atoms. The van der Waals surface area contributed by atoms with Crippen LogP contribution in [0.15, 0.2) is 0 Å². The molecule has 0 radical (unpaired) electrons. The summed E-state index contributed by atoms with van der Waals surface area (Å²) in [5.41, 5.74) is -0.419. The van der Waals surface area contributed by atoms with Gasteiger partial charge in [0.25, 0.3) is 0 Å². The monoisotopic (exact) mass is 213 g/mol. The van der Waals surface area contributed by atoms with Gasteiger partial charge in [-0.3, -0.25) is 0 Å². The lowest BCUT2D eigenvalue weighted by molar-refractivity contribution is 0.0142. The lowest BCUT2D eigenvalue weighted by Crippen LogP contribution is -2.47.